The van der Waals surface area contributed by atoms with Gasteiger partial charge >= 0.3 is 0 Å². The summed E-state index contributed by atoms with van der Waals surface area (Å²) in [6.07, 6.45) is 2.18. The van der Waals surface area contributed by atoms with Crippen molar-refractivity contribution >= 4 is 0 Å². The van der Waals surface area contributed by atoms with E-state index in [4.69, 9.17) is 4.52 Å². The van der Waals surface area contributed by atoms with Crippen molar-refractivity contribution < 1.29 is 4.52 Å². The van der Waals surface area contributed by atoms with Crippen molar-refractivity contribution in [2.45, 2.75) is 46.2 Å². The Morgan fingerprint density at radius 3 is 2.84 bits per heavy atom. The number of rotatable bonds is 6. The fourth-order valence-electron chi connectivity index (χ4n) is 2.03. The SMILES string of the molecule is Cc1cccc(CCC(C)NCc2noc(C)n2)c1. The number of benzene rings is 1. The first kappa shape index (κ1) is 13.7. The number of nitrogens with zero attached hydrogens (tertiary/aromatic N) is 2. The molecule has 2 rings (SSSR count). The largest absolute Gasteiger partial charge is 0.340 e. The molecule has 1 aromatic heterocycles. The van der Waals surface area contributed by atoms with Crippen LogP contribution in [0.4, 0.5) is 0 Å². The van der Waals surface area contributed by atoms with Gasteiger partial charge in [-0.25, -0.2) is 0 Å². The predicted octanol–water partition coefficient (Wildman–Crippen LogP) is 2.80. The summed E-state index contributed by atoms with van der Waals surface area (Å²) in [5, 5.41) is 7.28. The fraction of sp³-hybridized carbons (Fsp3) is 0.467. The third-order valence-corrected chi connectivity index (χ3v) is 3.13. The lowest BCUT2D eigenvalue weighted by Gasteiger charge is -2.12. The van der Waals surface area contributed by atoms with Gasteiger partial charge in [0.25, 0.3) is 0 Å². The standard InChI is InChI=1S/C15H21N3O/c1-11-5-4-6-14(9-11)8-7-12(2)16-10-15-17-13(3)19-18-15/h4-6,9,12,16H,7-8,10H2,1-3H3. The topological polar surface area (TPSA) is 51.0 Å². The van der Waals surface area contributed by atoms with Crippen LogP contribution in [0.5, 0.6) is 0 Å². The molecule has 4 nitrogen and oxygen atoms in total. The lowest BCUT2D eigenvalue weighted by Crippen LogP contribution is -2.26. The zero-order valence-electron chi connectivity index (χ0n) is 11.8. The summed E-state index contributed by atoms with van der Waals surface area (Å²) in [4.78, 5) is 4.17. The molecule has 0 radical (unpaired) electrons. The molecule has 102 valence electrons. The summed E-state index contributed by atoms with van der Waals surface area (Å²) >= 11 is 0. The Kier molecular flexibility index (Phi) is 4.68. The highest BCUT2D eigenvalue weighted by molar-refractivity contribution is 5.22. The third kappa shape index (κ3) is 4.48. The lowest BCUT2D eigenvalue weighted by atomic mass is 10.0. The normalized spacial score (nSPS) is 12.6. The van der Waals surface area contributed by atoms with Crippen LogP contribution < -0.4 is 5.32 Å². The molecule has 1 heterocycles. The molecule has 1 aromatic carbocycles. The van der Waals surface area contributed by atoms with Crippen LogP contribution in [0.15, 0.2) is 28.8 Å². The molecule has 0 fully saturated rings. The second-order valence-corrected chi connectivity index (χ2v) is 5.04. The molecule has 4 heteroatoms. The highest BCUT2D eigenvalue weighted by atomic mass is 16.5. The maximum atomic E-state index is 4.94. The zero-order chi connectivity index (χ0) is 13.7. The van der Waals surface area contributed by atoms with E-state index in [9.17, 15) is 0 Å². The van der Waals surface area contributed by atoms with Gasteiger partial charge in [-0.1, -0.05) is 35.0 Å². The molecular formula is C15H21N3O. The van der Waals surface area contributed by atoms with Crippen molar-refractivity contribution in [1.82, 2.24) is 15.5 Å². The van der Waals surface area contributed by atoms with E-state index in [0.29, 0.717) is 18.5 Å². The second kappa shape index (κ2) is 6.48. The van der Waals surface area contributed by atoms with Gasteiger partial charge in [0.1, 0.15) is 0 Å². The van der Waals surface area contributed by atoms with Crippen LogP contribution in [0.3, 0.4) is 0 Å². The zero-order valence-corrected chi connectivity index (χ0v) is 11.8. The minimum atomic E-state index is 0.430. The average molecular weight is 259 g/mol. The Bertz CT molecular complexity index is 522. The van der Waals surface area contributed by atoms with E-state index in [0.717, 1.165) is 18.7 Å². The number of aromatic nitrogens is 2. The van der Waals surface area contributed by atoms with Gasteiger partial charge < -0.3 is 9.84 Å². The van der Waals surface area contributed by atoms with Crippen molar-refractivity contribution in [2.24, 2.45) is 0 Å². The van der Waals surface area contributed by atoms with Crippen molar-refractivity contribution in [3.63, 3.8) is 0 Å². The van der Waals surface area contributed by atoms with E-state index in [1.54, 1.807) is 6.92 Å². The van der Waals surface area contributed by atoms with Crippen molar-refractivity contribution in [3.05, 3.63) is 47.1 Å². The fourth-order valence-corrected chi connectivity index (χ4v) is 2.03. The molecule has 0 spiro atoms. The molecule has 0 aliphatic rings. The Morgan fingerprint density at radius 2 is 2.16 bits per heavy atom. The Labute approximate surface area is 114 Å². The summed E-state index contributed by atoms with van der Waals surface area (Å²) in [6.45, 7) is 6.77. The van der Waals surface area contributed by atoms with Crippen LogP contribution in [0, 0.1) is 13.8 Å². The monoisotopic (exact) mass is 259 g/mol. The van der Waals surface area contributed by atoms with Gasteiger partial charge in [-0.05, 0) is 32.3 Å². The summed E-state index contributed by atoms with van der Waals surface area (Å²) in [7, 11) is 0. The van der Waals surface area contributed by atoms with Gasteiger partial charge in [0.2, 0.25) is 5.89 Å². The molecule has 1 atom stereocenters. The van der Waals surface area contributed by atoms with Gasteiger partial charge in [0, 0.05) is 13.0 Å². The molecule has 0 aliphatic heterocycles. The molecule has 1 N–H and O–H groups in total. The van der Waals surface area contributed by atoms with Gasteiger partial charge in [0.15, 0.2) is 5.82 Å². The third-order valence-electron chi connectivity index (χ3n) is 3.13. The molecule has 1 unspecified atom stereocenters. The molecule has 0 saturated carbocycles. The molecule has 0 bridgehead atoms. The highest BCUT2D eigenvalue weighted by Gasteiger charge is 2.06. The molecule has 19 heavy (non-hydrogen) atoms. The van der Waals surface area contributed by atoms with Crippen LogP contribution in [0.1, 0.15) is 36.2 Å². The van der Waals surface area contributed by atoms with E-state index in [2.05, 4.69) is 53.6 Å². The van der Waals surface area contributed by atoms with E-state index >= 15 is 0 Å². The molecule has 0 saturated heterocycles. The van der Waals surface area contributed by atoms with E-state index in [1.165, 1.54) is 11.1 Å². The van der Waals surface area contributed by atoms with E-state index in [1.807, 2.05) is 0 Å². The van der Waals surface area contributed by atoms with Crippen LogP contribution in [0.25, 0.3) is 0 Å². The summed E-state index contributed by atoms with van der Waals surface area (Å²) in [5.74, 6) is 1.34. The number of hydrogen-bond donors (Lipinski definition) is 1. The maximum absolute atomic E-state index is 4.94. The Hall–Kier alpha value is -1.68. The summed E-state index contributed by atoms with van der Waals surface area (Å²) in [5.41, 5.74) is 2.71. The average Bonchev–Trinajstić information content (AvgIpc) is 2.80. The van der Waals surface area contributed by atoms with Crippen LogP contribution in [-0.4, -0.2) is 16.2 Å². The summed E-state index contributed by atoms with van der Waals surface area (Å²) < 4.78 is 4.94. The highest BCUT2D eigenvalue weighted by Crippen LogP contribution is 2.08. The minimum absolute atomic E-state index is 0.430. The molecule has 2 aromatic rings. The summed E-state index contributed by atoms with van der Waals surface area (Å²) in [6, 6.07) is 9.10. The minimum Gasteiger partial charge on any atom is -0.340 e. The first-order chi connectivity index (χ1) is 9.13. The molecule has 0 aliphatic carbocycles. The van der Waals surface area contributed by atoms with Crippen LogP contribution >= 0.6 is 0 Å². The predicted molar refractivity (Wildman–Crippen MR) is 74.8 cm³/mol. The maximum Gasteiger partial charge on any atom is 0.223 e. The smallest absolute Gasteiger partial charge is 0.223 e. The van der Waals surface area contributed by atoms with Crippen molar-refractivity contribution in [2.75, 3.05) is 0 Å². The first-order valence-corrected chi connectivity index (χ1v) is 6.71. The lowest BCUT2D eigenvalue weighted by molar-refractivity contribution is 0.383. The van der Waals surface area contributed by atoms with E-state index in [-0.39, 0.29) is 0 Å². The van der Waals surface area contributed by atoms with Gasteiger partial charge in [-0.3, -0.25) is 0 Å². The van der Waals surface area contributed by atoms with Crippen LogP contribution in [0.2, 0.25) is 0 Å². The number of hydrogen-bond acceptors (Lipinski definition) is 4. The number of aryl methyl sites for hydroxylation is 3. The Balaban J connectivity index is 1.74. The Morgan fingerprint density at radius 1 is 1.32 bits per heavy atom. The quantitative estimate of drug-likeness (QED) is 0.866. The van der Waals surface area contributed by atoms with Crippen LogP contribution in [-0.2, 0) is 13.0 Å². The van der Waals surface area contributed by atoms with Gasteiger partial charge in [0.05, 0.1) is 6.54 Å². The van der Waals surface area contributed by atoms with Gasteiger partial charge in [-0.2, -0.15) is 4.98 Å². The van der Waals surface area contributed by atoms with Crippen molar-refractivity contribution in [3.8, 4) is 0 Å². The first-order valence-electron chi connectivity index (χ1n) is 6.71. The van der Waals surface area contributed by atoms with Gasteiger partial charge in [-0.15, -0.1) is 0 Å². The second-order valence-electron chi connectivity index (χ2n) is 5.04. The molecular weight excluding hydrogens is 238 g/mol. The molecule has 0 amide bonds. The van der Waals surface area contributed by atoms with Crippen molar-refractivity contribution in [1.29, 1.82) is 0 Å². The number of nitrogens with one attached hydrogen (secondary N) is 1. The van der Waals surface area contributed by atoms with E-state index < -0.39 is 0 Å².